The summed E-state index contributed by atoms with van der Waals surface area (Å²) in [6, 6.07) is 32.4. The minimum Gasteiger partial charge on any atom is -0.497 e. The number of hydrogen-bond acceptors (Lipinski definition) is 7. The molecule has 0 saturated carbocycles. The summed E-state index contributed by atoms with van der Waals surface area (Å²) in [5, 5.41) is 0. The highest BCUT2D eigenvalue weighted by Gasteiger charge is 1.99. The molecule has 214 valence electrons. The fraction of sp³-hybridized carbons (Fsp3) is 0.176. The van der Waals surface area contributed by atoms with Gasteiger partial charge in [0.1, 0.15) is 17.2 Å². The minimum absolute atomic E-state index is 0.0765. The highest BCUT2D eigenvalue weighted by molar-refractivity contribution is 5.94. The summed E-state index contributed by atoms with van der Waals surface area (Å²) in [6.07, 6.45) is 0. The van der Waals surface area contributed by atoms with Gasteiger partial charge in [0.15, 0.2) is 17.3 Å². The molecule has 0 aliphatic heterocycles. The standard InChI is InChI=1S/C9H10O3.C9H10O2.2C8H8O/c1-7(10)12-9-5-3-4-8(6-9)11-2;1-7(10)8-3-5-9(11-2)6-4-8;2*1-7(9)8-5-3-2-4-6-8/h3-6H,1-2H3;3-6H,1-2H3;2*2-6H,1H3. The number of benzene rings is 4. The second kappa shape index (κ2) is 19.1. The van der Waals surface area contributed by atoms with E-state index >= 15 is 0 Å². The normalized spacial score (nSPS) is 9.12. The van der Waals surface area contributed by atoms with Crippen molar-refractivity contribution in [3.05, 3.63) is 126 Å². The molecule has 0 N–H and O–H groups in total. The van der Waals surface area contributed by atoms with Crippen LogP contribution in [0.5, 0.6) is 17.2 Å². The lowest BCUT2D eigenvalue weighted by Gasteiger charge is -2.02. The van der Waals surface area contributed by atoms with Crippen molar-refractivity contribution in [1.82, 2.24) is 0 Å². The van der Waals surface area contributed by atoms with Crippen molar-refractivity contribution in [1.29, 1.82) is 0 Å². The zero-order valence-corrected chi connectivity index (χ0v) is 24.3. The smallest absolute Gasteiger partial charge is 0.308 e. The summed E-state index contributed by atoms with van der Waals surface area (Å²) in [4.78, 5) is 42.6. The molecule has 7 nitrogen and oxygen atoms in total. The van der Waals surface area contributed by atoms with Gasteiger partial charge < -0.3 is 14.2 Å². The lowest BCUT2D eigenvalue weighted by atomic mass is 10.1. The number of ketones is 3. The van der Waals surface area contributed by atoms with Gasteiger partial charge in [-0.2, -0.15) is 0 Å². The monoisotopic (exact) mass is 556 g/mol. The molecule has 0 atom stereocenters. The second-order valence-electron chi connectivity index (χ2n) is 8.40. The quantitative estimate of drug-likeness (QED) is 0.140. The number of methoxy groups -OCH3 is 2. The van der Waals surface area contributed by atoms with Crippen molar-refractivity contribution in [2.75, 3.05) is 14.2 Å². The van der Waals surface area contributed by atoms with Gasteiger partial charge >= 0.3 is 5.97 Å². The van der Waals surface area contributed by atoms with Crippen molar-refractivity contribution >= 4 is 23.3 Å². The molecule has 0 fully saturated rings. The van der Waals surface area contributed by atoms with Gasteiger partial charge in [-0.05, 0) is 57.2 Å². The van der Waals surface area contributed by atoms with Gasteiger partial charge in [0, 0.05) is 29.7 Å². The maximum Gasteiger partial charge on any atom is 0.308 e. The van der Waals surface area contributed by atoms with Crippen LogP contribution in [-0.2, 0) is 4.79 Å². The number of carbonyl (C=O) groups is 4. The van der Waals surface area contributed by atoms with Gasteiger partial charge in [0.05, 0.1) is 14.2 Å². The number of carbonyl (C=O) groups excluding carboxylic acids is 4. The Hall–Kier alpha value is -5.04. The van der Waals surface area contributed by atoms with Crippen LogP contribution in [0.2, 0.25) is 0 Å². The van der Waals surface area contributed by atoms with Crippen molar-refractivity contribution in [2.45, 2.75) is 27.7 Å². The number of ether oxygens (including phenoxy) is 3. The van der Waals surface area contributed by atoms with Gasteiger partial charge in [-0.3, -0.25) is 19.2 Å². The lowest BCUT2D eigenvalue weighted by Crippen LogP contribution is -2.01. The Kier molecular flexibility index (Phi) is 15.8. The number of Topliss-reactive ketones (excluding diaryl/α,β-unsaturated/α-hetero) is 3. The van der Waals surface area contributed by atoms with Gasteiger partial charge in [0.25, 0.3) is 0 Å². The third-order valence-corrected chi connectivity index (χ3v) is 5.16. The zero-order chi connectivity index (χ0) is 30.6. The van der Waals surface area contributed by atoms with E-state index in [0.717, 1.165) is 16.9 Å². The average molecular weight is 557 g/mol. The molecule has 4 rings (SSSR count). The molecule has 4 aromatic rings. The summed E-state index contributed by atoms with van der Waals surface area (Å²) in [7, 11) is 3.16. The first kappa shape index (κ1) is 34.0. The highest BCUT2D eigenvalue weighted by atomic mass is 16.5. The fourth-order valence-corrected chi connectivity index (χ4v) is 3.00. The van der Waals surface area contributed by atoms with Crippen LogP contribution in [0.4, 0.5) is 0 Å². The van der Waals surface area contributed by atoms with E-state index in [1.165, 1.54) is 6.92 Å². The first-order valence-electron chi connectivity index (χ1n) is 12.7. The summed E-state index contributed by atoms with van der Waals surface area (Å²) < 4.78 is 14.7. The molecule has 41 heavy (non-hydrogen) atoms. The van der Waals surface area contributed by atoms with Crippen LogP contribution in [0.3, 0.4) is 0 Å². The third kappa shape index (κ3) is 14.6. The predicted molar refractivity (Wildman–Crippen MR) is 160 cm³/mol. The van der Waals surface area contributed by atoms with E-state index < -0.39 is 0 Å². The number of esters is 1. The van der Waals surface area contributed by atoms with Crippen molar-refractivity contribution in [2.24, 2.45) is 0 Å². The maximum atomic E-state index is 10.8. The molecule has 0 aliphatic carbocycles. The van der Waals surface area contributed by atoms with Crippen molar-refractivity contribution in [3.63, 3.8) is 0 Å². The highest BCUT2D eigenvalue weighted by Crippen LogP contribution is 2.18. The zero-order valence-electron chi connectivity index (χ0n) is 24.3. The lowest BCUT2D eigenvalue weighted by molar-refractivity contribution is -0.131. The first-order valence-corrected chi connectivity index (χ1v) is 12.7. The number of hydrogen-bond donors (Lipinski definition) is 0. The van der Waals surface area contributed by atoms with E-state index in [9.17, 15) is 19.2 Å². The summed E-state index contributed by atoms with van der Waals surface area (Å²) in [5.74, 6) is 1.94. The Balaban J connectivity index is 0.000000275. The molecule has 0 bridgehead atoms. The molecule has 0 saturated heterocycles. The van der Waals surface area contributed by atoms with Crippen LogP contribution in [0.25, 0.3) is 0 Å². The molecular formula is C34H36O7. The molecule has 0 aromatic heterocycles. The molecule has 0 spiro atoms. The first-order chi connectivity index (χ1) is 19.6. The summed E-state index contributed by atoms with van der Waals surface area (Å²) >= 11 is 0. The van der Waals surface area contributed by atoms with Gasteiger partial charge in [-0.1, -0.05) is 66.7 Å². The van der Waals surface area contributed by atoms with Crippen molar-refractivity contribution in [3.8, 4) is 17.2 Å². The van der Waals surface area contributed by atoms with E-state index in [4.69, 9.17) is 14.2 Å². The van der Waals surface area contributed by atoms with E-state index in [-0.39, 0.29) is 23.3 Å². The summed E-state index contributed by atoms with van der Waals surface area (Å²) in [5.41, 5.74) is 2.26. The SMILES string of the molecule is CC(=O)c1ccccc1.CC(=O)c1ccccc1.COc1ccc(C(C)=O)cc1.COc1cccc(OC(C)=O)c1. The topological polar surface area (TPSA) is 96.0 Å². The molecular weight excluding hydrogens is 520 g/mol. The molecule has 0 aliphatic rings. The molecule has 0 amide bonds. The van der Waals surface area contributed by atoms with Gasteiger partial charge in [-0.25, -0.2) is 0 Å². The Morgan fingerprint density at radius 3 is 1.17 bits per heavy atom. The van der Waals surface area contributed by atoms with Crippen LogP contribution in [0.15, 0.2) is 109 Å². The summed E-state index contributed by atoms with van der Waals surface area (Å²) in [6.45, 7) is 6.03. The van der Waals surface area contributed by atoms with Gasteiger partial charge in [0.2, 0.25) is 0 Å². The maximum absolute atomic E-state index is 10.8. The van der Waals surface area contributed by atoms with E-state index in [1.54, 1.807) is 83.5 Å². The van der Waals surface area contributed by atoms with Crippen LogP contribution in [-0.4, -0.2) is 37.5 Å². The van der Waals surface area contributed by atoms with E-state index in [2.05, 4.69) is 0 Å². The van der Waals surface area contributed by atoms with E-state index in [1.807, 2.05) is 60.7 Å². The van der Waals surface area contributed by atoms with Crippen LogP contribution in [0.1, 0.15) is 58.8 Å². The third-order valence-electron chi connectivity index (χ3n) is 5.16. The molecule has 0 heterocycles. The van der Waals surface area contributed by atoms with Crippen molar-refractivity contribution < 1.29 is 33.4 Å². The Bertz CT molecular complexity index is 1310. The predicted octanol–water partition coefficient (Wildman–Crippen LogP) is 7.30. The second-order valence-corrected chi connectivity index (χ2v) is 8.40. The Morgan fingerprint density at radius 1 is 0.439 bits per heavy atom. The average Bonchev–Trinajstić information content (AvgIpc) is 2.99. The Labute approximate surface area is 241 Å². The Morgan fingerprint density at radius 2 is 0.829 bits per heavy atom. The molecule has 0 unspecified atom stereocenters. The van der Waals surface area contributed by atoms with E-state index in [0.29, 0.717) is 17.1 Å². The fourth-order valence-electron chi connectivity index (χ4n) is 3.00. The minimum atomic E-state index is -0.330. The molecule has 0 radical (unpaired) electrons. The van der Waals surface area contributed by atoms with Crippen LogP contribution >= 0.6 is 0 Å². The largest absolute Gasteiger partial charge is 0.497 e. The van der Waals surface area contributed by atoms with Gasteiger partial charge in [-0.15, -0.1) is 0 Å². The van der Waals surface area contributed by atoms with Crippen LogP contribution < -0.4 is 14.2 Å². The molecule has 4 aromatic carbocycles. The molecule has 7 heteroatoms. The van der Waals surface area contributed by atoms with Crippen LogP contribution in [0, 0.1) is 0 Å². The number of rotatable bonds is 6.